The zero-order valence-corrected chi connectivity index (χ0v) is 12.5. The SMILES string of the molecule is COc1c(C)cc(Br)c(-c2cnn(C)c2N)c1C. The van der Waals surface area contributed by atoms with Crippen molar-refractivity contribution in [2.24, 2.45) is 7.05 Å². The second-order valence-electron chi connectivity index (χ2n) is 4.28. The van der Waals surface area contributed by atoms with E-state index in [1.54, 1.807) is 18.0 Å². The summed E-state index contributed by atoms with van der Waals surface area (Å²) in [5, 5.41) is 4.18. The number of ether oxygens (including phenoxy) is 1. The van der Waals surface area contributed by atoms with Gasteiger partial charge < -0.3 is 10.5 Å². The van der Waals surface area contributed by atoms with Gasteiger partial charge in [-0.1, -0.05) is 15.9 Å². The average Bonchev–Trinajstić information content (AvgIpc) is 2.61. The van der Waals surface area contributed by atoms with Crippen molar-refractivity contribution in [3.05, 3.63) is 27.9 Å². The highest BCUT2D eigenvalue weighted by Crippen LogP contribution is 2.40. The van der Waals surface area contributed by atoms with Crippen molar-refractivity contribution in [2.75, 3.05) is 12.8 Å². The molecule has 0 aliphatic carbocycles. The van der Waals surface area contributed by atoms with Gasteiger partial charge in [0.15, 0.2) is 0 Å². The summed E-state index contributed by atoms with van der Waals surface area (Å²) < 4.78 is 8.11. The summed E-state index contributed by atoms with van der Waals surface area (Å²) in [6.07, 6.45) is 1.78. The number of nitrogens with two attached hydrogens (primary N) is 1. The van der Waals surface area contributed by atoms with Crippen LogP contribution < -0.4 is 10.5 Å². The largest absolute Gasteiger partial charge is 0.496 e. The molecule has 0 fully saturated rings. The fourth-order valence-electron chi connectivity index (χ4n) is 2.20. The molecule has 0 radical (unpaired) electrons. The van der Waals surface area contributed by atoms with Gasteiger partial charge in [0.2, 0.25) is 0 Å². The van der Waals surface area contributed by atoms with Gasteiger partial charge in [-0.15, -0.1) is 0 Å². The van der Waals surface area contributed by atoms with Gasteiger partial charge in [0.05, 0.1) is 13.3 Å². The first-order chi connectivity index (χ1) is 8.47. The van der Waals surface area contributed by atoms with Crippen molar-refractivity contribution in [2.45, 2.75) is 13.8 Å². The standard InChI is InChI=1S/C13H16BrN3O/c1-7-5-10(14)11(8(2)12(7)18-4)9-6-16-17(3)13(9)15/h5-6H,15H2,1-4H3. The molecule has 0 spiro atoms. The normalized spacial score (nSPS) is 10.7. The summed E-state index contributed by atoms with van der Waals surface area (Å²) in [5.74, 6) is 1.53. The Hall–Kier alpha value is -1.49. The molecular weight excluding hydrogens is 294 g/mol. The molecule has 0 saturated heterocycles. The Morgan fingerprint density at radius 1 is 1.39 bits per heavy atom. The molecule has 5 heteroatoms. The fourth-order valence-corrected chi connectivity index (χ4v) is 3.05. The minimum atomic E-state index is 0.643. The van der Waals surface area contributed by atoms with E-state index in [-0.39, 0.29) is 0 Å². The maximum absolute atomic E-state index is 6.04. The Balaban J connectivity index is 2.75. The fraction of sp³-hybridized carbons (Fsp3) is 0.308. The summed E-state index contributed by atoms with van der Waals surface area (Å²) >= 11 is 3.59. The third kappa shape index (κ3) is 1.88. The van der Waals surface area contributed by atoms with E-state index in [1.807, 2.05) is 27.0 Å². The number of aryl methyl sites for hydroxylation is 2. The summed E-state index contributed by atoms with van der Waals surface area (Å²) in [5.41, 5.74) is 10.1. The van der Waals surface area contributed by atoms with E-state index in [0.717, 1.165) is 32.5 Å². The van der Waals surface area contributed by atoms with Crippen LogP contribution in [0.25, 0.3) is 11.1 Å². The summed E-state index contributed by atoms with van der Waals surface area (Å²) in [6.45, 7) is 4.05. The molecule has 96 valence electrons. The Kier molecular flexibility index (Phi) is 3.34. The first-order valence-electron chi connectivity index (χ1n) is 5.59. The molecule has 18 heavy (non-hydrogen) atoms. The molecule has 0 saturated carbocycles. The van der Waals surface area contributed by atoms with Gasteiger partial charge in [-0.3, -0.25) is 4.68 Å². The monoisotopic (exact) mass is 309 g/mol. The van der Waals surface area contributed by atoms with Crippen LogP contribution in [0, 0.1) is 13.8 Å². The number of anilines is 1. The van der Waals surface area contributed by atoms with E-state index in [0.29, 0.717) is 5.82 Å². The average molecular weight is 310 g/mol. The summed E-state index contributed by atoms with van der Waals surface area (Å²) in [4.78, 5) is 0. The molecule has 0 aliphatic heterocycles. The number of rotatable bonds is 2. The van der Waals surface area contributed by atoms with Gasteiger partial charge in [-0.25, -0.2) is 0 Å². The van der Waals surface area contributed by atoms with Crippen LogP contribution in [0.1, 0.15) is 11.1 Å². The highest BCUT2D eigenvalue weighted by molar-refractivity contribution is 9.10. The van der Waals surface area contributed by atoms with E-state index in [4.69, 9.17) is 10.5 Å². The van der Waals surface area contributed by atoms with Crippen LogP contribution in [-0.2, 0) is 7.05 Å². The van der Waals surface area contributed by atoms with Crippen molar-refractivity contribution in [3.8, 4) is 16.9 Å². The number of halogens is 1. The molecule has 0 aliphatic rings. The molecule has 1 aromatic carbocycles. The van der Waals surface area contributed by atoms with E-state index in [9.17, 15) is 0 Å². The highest BCUT2D eigenvalue weighted by Gasteiger charge is 2.17. The second kappa shape index (κ2) is 4.65. The van der Waals surface area contributed by atoms with E-state index < -0.39 is 0 Å². The predicted molar refractivity (Wildman–Crippen MR) is 76.8 cm³/mol. The Morgan fingerprint density at radius 2 is 2.06 bits per heavy atom. The number of hydrogen-bond donors (Lipinski definition) is 1. The molecule has 2 N–H and O–H groups in total. The first-order valence-corrected chi connectivity index (χ1v) is 6.38. The van der Waals surface area contributed by atoms with Crippen LogP contribution in [0.2, 0.25) is 0 Å². The lowest BCUT2D eigenvalue weighted by molar-refractivity contribution is 0.408. The van der Waals surface area contributed by atoms with Crippen molar-refractivity contribution in [1.29, 1.82) is 0 Å². The maximum Gasteiger partial charge on any atom is 0.129 e. The van der Waals surface area contributed by atoms with Gasteiger partial charge in [0.25, 0.3) is 0 Å². The first kappa shape index (κ1) is 13.0. The predicted octanol–water partition coefficient (Wildman–Crippen LogP) is 3.06. The lowest BCUT2D eigenvalue weighted by Crippen LogP contribution is -2.00. The smallest absolute Gasteiger partial charge is 0.129 e. The highest BCUT2D eigenvalue weighted by atomic mass is 79.9. The minimum Gasteiger partial charge on any atom is -0.496 e. The van der Waals surface area contributed by atoms with Crippen LogP contribution in [0.4, 0.5) is 5.82 Å². The van der Waals surface area contributed by atoms with Gasteiger partial charge in [-0.2, -0.15) is 5.10 Å². The van der Waals surface area contributed by atoms with Crippen molar-refractivity contribution < 1.29 is 4.74 Å². The van der Waals surface area contributed by atoms with Crippen LogP contribution in [-0.4, -0.2) is 16.9 Å². The third-order valence-electron chi connectivity index (χ3n) is 3.11. The summed E-state index contributed by atoms with van der Waals surface area (Å²) in [7, 11) is 3.51. The molecule has 4 nitrogen and oxygen atoms in total. The van der Waals surface area contributed by atoms with E-state index in [2.05, 4.69) is 21.0 Å². The molecule has 2 aromatic rings. The maximum atomic E-state index is 6.04. The molecular formula is C13H16BrN3O. The van der Waals surface area contributed by atoms with Crippen LogP contribution in [0.15, 0.2) is 16.7 Å². The number of hydrogen-bond acceptors (Lipinski definition) is 3. The van der Waals surface area contributed by atoms with Gasteiger partial charge in [0.1, 0.15) is 11.6 Å². The number of benzene rings is 1. The quantitative estimate of drug-likeness (QED) is 0.927. The van der Waals surface area contributed by atoms with Crippen LogP contribution >= 0.6 is 15.9 Å². The molecule has 0 unspecified atom stereocenters. The van der Waals surface area contributed by atoms with E-state index in [1.165, 1.54) is 0 Å². The molecule has 1 aromatic heterocycles. The van der Waals surface area contributed by atoms with Gasteiger partial charge in [0, 0.05) is 28.2 Å². The molecule has 0 bridgehead atoms. The Morgan fingerprint density at radius 3 is 2.56 bits per heavy atom. The lowest BCUT2D eigenvalue weighted by atomic mass is 9.99. The topological polar surface area (TPSA) is 53.1 Å². The summed E-state index contributed by atoms with van der Waals surface area (Å²) in [6, 6.07) is 2.04. The zero-order valence-electron chi connectivity index (χ0n) is 10.9. The molecule has 0 amide bonds. The molecule has 0 atom stereocenters. The van der Waals surface area contributed by atoms with Crippen LogP contribution in [0.5, 0.6) is 5.75 Å². The van der Waals surface area contributed by atoms with Gasteiger partial charge >= 0.3 is 0 Å². The van der Waals surface area contributed by atoms with Gasteiger partial charge in [-0.05, 0) is 25.5 Å². The third-order valence-corrected chi connectivity index (χ3v) is 3.74. The number of methoxy groups -OCH3 is 1. The molecule has 1 heterocycles. The number of nitrogens with zero attached hydrogens (tertiary/aromatic N) is 2. The zero-order chi connectivity index (χ0) is 13.4. The molecule has 2 rings (SSSR count). The van der Waals surface area contributed by atoms with Crippen molar-refractivity contribution >= 4 is 21.7 Å². The lowest BCUT2D eigenvalue weighted by Gasteiger charge is -2.15. The Labute approximate surface area is 115 Å². The number of nitrogen functional groups attached to an aromatic ring is 1. The van der Waals surface area contributed by atoms with Crippen molar-refractivity contribution in [1.82, 2.24) is 9.78 Å². The second-order valence-corrected chi connectivity index (χ2v) is 5.13. The Bertz CT molecular complexity index is 605. The van der Waals surface area contributed by atoms with Crippen LogP contribution in [0.3, 0.4) is 0 Å². The van der Waals surface area contributed by atoms with Crippen molar-refractivity contribution in [3.63, 3.8) is 0 Å². The van der Waals surface area contributed by atoms with E-state index >= 15 is 0 Å². The number of aromatic nitrogens is 2. The minimum absolute atomic E-state index is 0.643.